The van der Waals surface area contributed by atoms with E-state index in [9.17, 15) is 4.79 Å². The molecule has 1 aliphatic rings. The van der Waals surface area contributed by atoms with Crippen molar-refractivity contribution in [1.29, 1.82) is 0 Å². The fraction of sp³-hybridized carbons (Fsp3) is 0.364. The van der Waals surface area contributed by atoms with Crippen LogP contribution in [0.15, 0.2) is 53.5 Å². The van der Waals surface area contributed by atoms with E-state index in [0.717, 1.165) is 43.1 Å². The van der Waals surface area contributed by atoms with E-state index in [2.05, 4.69) is 58.9 Å². The number of hydrogen-bond acceptors (Lipinski definition) is 2. The average molecular weight is 492 g/mol. The Morgan fingerprint density at radius 2 is 1.71 bits per heavy atom. The summed E-state index contributed by atoms with van der Waals surface area (Å²) < 4.78 is 0. The van der Waals surface area contributed by atoms with E-state index in [0.29, 0.717) is 13.0 Å². The van der Waals surface area contributed by atoms with Gasteiger partial charge in [0.1, 0.15) is 0 Å². The Kier molecular flexibility index (Phi) is 8.76. The highest BCUT2D eigenvalue weighted by Gasteiger charge is 2.21. The van der Waals surface area contributed by atoms with Gasteiger partial charge in [0.05, 0.1) is 0 Å². The van der Waals surface area contributed by atoms with Gasteiger partial charge in [0.15, 0.2) is 5.96 Å². The summed E-state index contributed by atoms with van der Waals surface area (Å²) in [4.78, 5) is 18.0. The molecule has 0 aliphatic carbocycles. The standard InChI is InChI=1S/C22H28N4O.HI/c1-3-18-7-4-5-8-19(18)16-25-22(23-2)24-15-17-10-12-20(13-11-17)26-14-6-9-21(26)27;/h4-5,7-8,10-13H,3,6,9,14-16H2,1-2H3,(H2,23,24,25);1H. The molecule has 5 nitrogen and oxygen atoms in total. The Morgan fingerprint density at radius 3 is 2.32 bits per heavy atom. The van der Waals surface area contributed by atoms with Gasteiger partial charge in [0, 0.05) is 38.8 Å². The lowest BCUT2D eigenvalue weighted by Gasteiger charge is -2.17. The fourth-order valence-corrected chi connectivity index (χ4v) is 3.38. The lowest BCUT2D eigenvalue weighted by Crippen LogP contribution is -2.36. The monoisotopic (exact) mass is 492 g/mol. The number of anilines is 1. The second kappa shape index (κ2) is 11.0. The minimum atomic E-state index is 0. The number of rotatable bonds is 6. The molecule has 0 radical (unpaired) electrons. The van der Waals surface area contributed by atoms with Crippen molar-refractivity contribution in [3.8, 4) is 0 Å². The van der Waals surface area contributed by atoms with Gasteiger partial charge in [-0.2, -0.15) is 0 Å². The molecule has 0 bridgehead atoms. The summed E-state index contributed by atoms with van der Waals surface area (Å²) in [6, 6.07) is 16.6. The van der Waals surface area contributed by atoms with Crippen molar-refractivity contribution in [2.45, 2.75) is 39.3 Å². The summed E-state index contributed by atoms with van der Waals surface area (Å²) in [5.74, 6) is 0.998. The van der Waals surface area contributed by atoms with Gasteiger partial charge >= 0.3 is 0 Å². The van der Waals surface area contributed by atoms with Crippen LogP contribution in [0.25, 0.3) is 0 Å². The Morgan fingerprint density at radius 1 is 1.04 bits per heavy atom. The van der Waals surface area contributed by atoms with Crippen LogP contribution in [0.5, 0.6) is 0 Å². The average Bonchev–Trinajstić information content (AvgIpc) is 3.14. The van der Waals surface area contributed by atoms with Gasteiger partial charge in [-0.3, -0.25) is 9.79 Å². The first-order chi connectivity index (χ1) is 13.2. The van der Waals surface area contributed by atoms with Crippen LogP contribution in [0.4, 0.5) is 5.69 Å². The van der Waals surface area contributed by atoms with Gasteiger partial charge in [-0.25, -0.2) is 0 Å². The smallest absolute Gasteiger partial charge is 0.227 e. The van der Waals surface area contributed by atoms with Crippen molar-refractivity contribution >= 4 is 41.5 Å². The summed E-state index contributed by atoms with van der Waals surface area (Å²) >= 11 is 0. The highest BCUT2D eigenvalue weighted by molar-refractivity contribution is 14.0. The van der Waals surface area contributed by atoms with Gasteiger partial charge in [-0.15, -0.1) is 24.0 Å². The van der Waals surface area contributed by atoms with Gasteiger partial charge in [0.25, 0.3) is 0 Å². The van der Waals surface area contributed by atoms with Crippen LogP contribution in [-0.2, 0) is 24.3 Å². The number of nitrogens with one attached hydrogen (secondary N) is 2. The molecule has 3 rings (SSSR count). The lowest BCUT2D eigenvalue weighted by molar-refractivity contribution is -0.117. The lowest BCUT2D eigenvalue weighted by atomic mass is 10.1. The van der Waals surface area contributed by atoms with Crippen LogP contribution >= 0.6 is 24.0 Å². The largest absolute Gasteiger partial charge is 0.352 e. The van der Waals surface area contributed by atoms with Crippen molar-refractivity contribution in [1.82, 2.24) is 10.6 Å². The molecule has 1 saturated heterocycles. The first-order valence-electron chi connectivity index (χ1n) is 9.62. The van der Waals surface area contributed by atoms with Crippen molar-refractivity contribution in [3.63, 3.8) is 0 Å². The first kappa shape index (κ1) is 22.2. The Bertz CT molecular complexity index is 804. The molecule has 28 heavy (non-hydrogen) atoms. The second-order valence-corrected chi connectivity index (χ2v) is 6.72. The van der Waals surface area contributed by atoms with Gasteiger partial charge in [0.2, 0.25) is 5.91 Å². The number of carbonyl (C=O) groups excluding carboxylic acids is 1. The zero-order valence-corrected chi connectivity index (χ0v) is 18.9. The zero-order valence-electron chi connectivity index (χ0n) is 16.6. The summed E-state index contributed by atoms with van der Waals surface area (Å²) in [6.07, 6.45) is 2.63. The van der Waals surface area contributed by atoms with E-state index < -0.39 is 0 Å². The molecule has 0 saturated carbocycles. The Labute approximate surface area is 184 Å². The number of aryl methyl sites for hydroxylation is 1. The number of hydrogen-bond donors (Lipinski definition) is 2. The molecule has 2 N–H and O–H groups in total. The number of carbonyl (C=O) groups is 1. The molecular weight excluding hydrogens is 463 g/mol. The van der Waals surface area contributed by atoms with Crippen molar-refractivity contribution < 1.29 is 4.79 Å². The van der Waals surface area contributed by atoms with Gasteiger partial charge < -0.3 is 15.5 Å². The molecule has 6 heteroatoms. The maximum atomic E-state index is 11.8. The van der Waals surface area contributed by atoms with Crippen LogP contribution in [0.2, 0.25) is 0 Å². The van der Waals surface area contributed by atoms with Gasteiger partial charge in [-0.05, 0) is 41.7 Å². The SMILES string of the molecule is CCc1ccccc1CNC(=NC)NCc1ccc(N2CCCC2=O)cc1.I. The van der Waals surface area contributed by atoms with Crippen LogP contribution in [0.1, 0.15) is 36.5 Å². The number of aliphatic imine (C=N–C) groups is 1. The predicted molar refractivity (Wildman–Crippen MR) is 126 cm³/mol. The summed E-state index contributed by atoms with van der Waals surface area (Å²) in [5, 5.41) is 6.73. The summed E-state index contributed by atoms with van der Waals surface area (Å²) in [5.41, 5.74) is 4.79. The molecule has 0 aromatic heterocycles. The first-order valence-corrected chi connectivity index (χ1v) is 9.62. The maximum absolute atomic E-state index is 11.8. The molecule has 1 amide bonds. The number of guanidine groups is 1. The maximum Gasteiger partial charge on any atom is 0.227 e. The van der Waals surface area contributed by atoms with E-state index in [4.69, 9.17) is 0 Å². The van der Waals surface area contributed by atoms with Crippen molar-refractivity contribution in [2.75, 3.05) is 18.5 Å². The summed E-state index contributed by atoms with van der Waals surface area (Å²) in [6.45, 7) is 4.43. The number of nitrogens with zero attached hydrogens (tertiary/aromatic N) is 2. The molecule has 2 aromatic rings. The molecule has 1 heterocycles. The quantitative estimate of drug-likeness (QED) is 0.366. The van der Waals surface area contributed by atoms with Crippen LogP contribution in [-0.4, -0.2) is 25.5 Å². The van der Waals surface area contributed by atoms with Crippen molar-refractivity contribution in [2.24, 2.45) is 4.99 Å². The third-order valence-electron chi connectivity index (χ3n) is 4.95. The molecule has 1 aliphatic heterocycles. The molecule has 0 atom stereocenters. The normalized spacial score (nSPS) is 14.0. The zero-order chi connectivity index (χ0) is 19.1. The molecule has 2 aromatic carbocycles. The van der Waals surface area contributed by atoms with Crippen LogP contribution < -0.4 is 15.5 Å². The molecule has 0 unspecified atom stereocenters. The minimum Gasteiger partial charge on any atom is -0.352 e. The second-order valence-electron chi connectivity index (χ2n) is 6.72. The Balaban J connectivity index is 0.00000280. The van der Waals surface area contributed by atoms with Crippen molar-refractivity contribution in [3.05, 3.63) is 65.2 Å². The third kappa shape index (κ3) is 5.70. The van der Waals surface area contributed by atoms with E-state index in [-0.39, 0.29) is 29.9 Å². The topological polar surface area (TPSA) is 56.7 Å². The van der Waals surface area contributed by atoms with Gasteiger partial charge in [-0.1, -0.05) is 43.3 Å². The molecule has 0 spiro atoms. The number of benzene rings is 2. The third-order valence-corrected chi connectivity index (χ3v) is 4.95. The predicted octanol–water partition coefficient (Wildman–Crippen LogP) is 3.86. The van der Waals surface area contributed by atoms with Crippen LogP contribution in [0.3, 0.4) is 0 Å². The van der Waals surface area contributed by atoms with E-state index in [1.165, 1.54) is 11.1 Å². The summed E-state index contributed by atoms with van der Waals surface area (Å²) in [7, 11) is 1.78. The van der Waals surface area contributed by atoms with Crippen LogP contribution in [0, 0.1) is 0 Å². The highest BCUT2D eigenvalue weighted by Crippen LogP contribution is 2.21. The molecule has 1 fully saturated rings. The molecule has 150 valence electrons. The van der Waals surface area contributed by atoms with E-state index in [1.807, 2.05) is 17.0 Å². The molecular formula is C22H29IN4O. The van der Waals surface area contributed by atoms with E-state index >= 15 is 0 Å². The minimum absolute atomic E-state index is 0. The number of halogens is 1. The fourth-order valence-electron chi connectivity index (χ4n) is 3.38. The number of amides is 1. The highest BCUT2D eigenvalue weighted by atomic mass is 127. The van der Waals surface area contributed by atoms with E-state index in [1.54, 1.807) is 7.05 Å². The Hall–Kier alpha value is -2.09.